The van der Waals surface area contributed by atoms with Gasteiger partial charge in [0.25, 0.3) is 0 Å². The zero-order chi connectivity index (χ0) is 15.4. The van der Waals surface area contributed by atoms with Crippen molar-refractivity contribution in [1.82, 2.24) is 25.2 Å². The minimum atomic E-state index is 0.338. The predicted octanol–water partition coefficient (Wildman–Crippen LogP) is 1.53. The van der Waals surface area contributed by atoms with Crippen molar-refractivity contribution in [2.45, 2.75) is 49.8 Å². The largest absolute Gasteiger partial charge is 0.368 e. The molecule has 2 aliphatic rings. The molecular formula is C15H26N6S. The number of nitrogens with one attached hydrogen (secondary N) is 1. The van der Waals surface area contributed by atoms with Crippen LogP contribution in [0.4, 0.5) is 5.95 Å². The fourth-order valence-electron chi connectivity index (χ4n) is 3.74. The van der Waals surface area contributed by atoms with E-state index in [1.807, 2.05) is 6.26 Å². The lowest BCUT2D eigenvalue weighted by atomic mass is 9.84. The van der Waals surface area contributed by atoms with Crippen molar-refractivity contribution in [2.75, 3.05) is 31.6 Å². The number of anilines is 1. The summed E-state index contributed by atoms with van der Waals surface area (Å²) >= 11 is 1.52. The van der Waals surface area contributed by atoms with Gasteiger partial charge >= 0.3 is 0 Å². The molecule has 2 fully saturated rings. The predicted molar refractivity (Wildman–Crippen MR) is 89.7 cm³/mol. The molecule has 0 amide bonds. The van der Waals surface area contributed by atoms with Gasteiger partial charge in [0.15, 0.2) is 5.16 Å². The molecule has 0 saturated carbocycles. The van der Waals surface area contributed by atoms with Crippen LogP contribution in [0.5, 0.6) is 0 Å². The minimum Gasteiger partial charge on any atom is -0.368 e. The molecule has 7 heteroatoms. The van der Waals surface area contributed by atoms with E-state index in [1.165, 1.54) is 43.9 Å². The Labute approximate surface area is 136 Å². The molecule has 1 atom stereocenters. The fourth-order valence-corrected chi connectivity index (χ4v) is 4.12. The average Bonchev–Trinajstić information content (AvgIpc) is 2.55. The molecule has 1 unspecified atom stereocenters. The lowest BCUT2D eigenvalue weighted by Gasteiger charge is -2.41. The molecule has 1 aromatic rings. The summed E-state index contributed by atoms with van der Waals surface area (Å²) in [6, 6.07) is 0.673. The summed E-state index contributed by atoms with van der Waals surface area (Å²) in [7, 11) is 0. The van der Waals surface area contributed by atoms with Gasteiger partial charge in [-0.3, -0.25) is 4.90 Å². The third kappa shape index (κ3) is 3.88. The van der Waals surface area contributed by atoms with Crippen molar-refractivity contribution < 1.29 is 0 Å². The van der Waals surface area contributed by atoms with E-state index in [0.717, 1.165) is 43.1 Å². The quantitative estimate of drug-likeness (QED) is 0.814. The molecule has 6 nitrogen and oxygen atoms in total. The topological polar surface area (TPSA) is 80.0 Å². The SMILES string of the molecule is CSc1nc(N)nc(CN2CCCCC2C2CCNCC2)n1. The number of nitrogens with zero attached hydrogens (tertiary/aromatic N) is 4. The number of aromatic nitrogens is 3. The monoisotopic (exact) mass is 322 g/mol. The fraction of sp³-hybridized carbons (Fsp3) is 0.800. The Bertz CT molecular complexity index is 491. The van der Waals surface area contributed by atoms with Gasteiger partial charge in [0.05, 0.1) is 6.54 Å². The van der Waals surface area contributed by atoms with E-state index in [9.17, 15) is 0 Å². The van der Waals surface area contributed by atoms with E-state index in [4.69, 9.17) is 5.73 Å². The van der Waals surface area contributed by atoms with Gasteiger partial charge in [-0.05, 0) is 57.5 Å². The summed E-state index contributed by atoms with van der Waals surface area (Å²) < 4.78 is 0. The van der Waals surface area contributed by atoms with Crippen molar-refractivity contribution in [3.8, 4) is 0 Å². The number of likely N-dealkylation sites (tertiary alicyclic amines) is 1. The molecule has 0 spiro atoms. The smallest absolute Gasteiger partial charge is 0.224 e. The first-order valence-corrected chi connectivity index (χ1v) is 9.48. The van der Waals surface area contributed by atoms with Gasteiger partial charge in [0.2, 0.25) is 5.95 Å². The Morgan fingerprint density at radius 2 is 2.00 bits per heavy atom. The molecule has 3 rings (SSSR count). The van der Waals surface area contributed by atoms with E-state index in [2.05, 4.69) is 25.2 Å². The van der Waals surface area contributed by atoms with Gasteiger partial charge in [0.1, 0.15) is 5.82 Å². The van der Waals surface area contributed by atoms with Crippen LogP contribution in [0.1, 0.15) is 37.9 Å². The standard InChI is InChI=1S/C15H26N6S/c1-22-15-19-13(18-14(16)20-15)10-21-9-3-2-4-12(21)11-5-7-17-8-6-11/h11-12,17H,2-10H2,1H3,(H2,16,18,19,20). The second-order valence-corrected chi connectivity index (χ2v) is 6.99. The molecule has 0 bridgehead atoms. The number of hydrogen-bond donors (Lipinski definition) is 2. The summed E-state index contributed by atoms with van der Waals surface area (Å²) in [6.45, 7) is 4.26. The molecule has 3 N–H and O–H groups in total. The third-order valence-corrected chi connectivity index (χ3v) is 5.35. The highest BCUT2D eigenvalue weighted by Crippen LogP contribution is 2.29. The molecule has 0 aliphatic carbocycles. The van der Waals surface area contributed by atoms with Crippen LogP contribution in [0.15, 0.2) is 5.16 Å². The van der Waals surface area contributed by atoms with Crippen LogP contribution in [-0.4, -0.2) is 51.8 Å². The van der Waals surface area contributed by atoms with Crippen LogP contribution in [-0.2, 0) is 6.54 Å². The molecular weight excluding hydrogens is 296 g/mol. The van der Waals surface area contributed by atoms with Crippen LogP contribution in [0.2, 0.25) is 0 Å². The number of thioether (sulfide) groups is 1. The van der Waals surface area contributed by atoms with Crippen LogP contribution >= 0.6 is 11.8 Å². The average molecular weight is 322 g/mol. The number of piperidine rings is 2. The van der Waals surface area contributed by atoms with Crippen molar-refractivity contribution in [3.05, 3.63) is 5.82 Å². The molecule has 22 heavy (non-hydrogen) atoms. The van der Waals surface area contributed by atoms with Gasteiger partial charge in [-0.1, -0.05) is 18.2 Å². The normalized spacial score (nSPS) is 24.5. The Balaban J connectivity index is 1.72. The molecule has 0 aromatic carbocycles. The summed E-state index contributed by atoms with van der Waals surface area (Å²) in [5, 5.41) is 4.19. The number of rotatable bonds is 4. The Morgan fingerprint density at radius 3 is 2.77 bits per heavy atom. The van der Waals surface area contributed by atoms with E-state index in [0.29, 0.717) is 12.0 Å². The molecule has 122 valence electrons. The van der Waals surface area contributed by atoms with E-state index in [1.54, 1.807) is 0 Å². The maximum atomic E-state index is 5.82. The lowest BCUT2D eigenvalue weighted by Crippen LogP contribution is -2.47. The van der Waals surface area contributed by atoms with Gasteiger partial charge in [-0.25, -0.2) is 4.98 Å². The molecule has 3 heterocycles. The third-order valence-electron chi connectivity index (χ3n) is 4.80. The molecule has 2 saturated heterocycles. The highest BCUT2D eigenvalue weighted by Gasteiger charge is 2.31. The first kappa shape index (κ1) is 16.0. The maximum absolute atomic E-state index is 5.82. The second kappa shape index (κ2) is 7.57. The molecule has 1 aromatic heterocycles. The first-order valence-electron chi connectivity index (χ1n) is 8.25. The zero-order valence-corrected chi connectivity index (χ0v) is 14.1. The number of nitrogens with two attached hydrogens (primary N) is 1. The van der Waals surface area contributed by atoms with Crippen LogP contribution in [0, 0.1) is 5.92 Å². The van der Waals surface area contributed by atoms with Gasteiger partial charge in [0, 0.05) is 6.04 Å². The Hall–Kier alpha value is -0.920. The van der Waals surface area contributed by atoms with Crippen molar-refractivity contribution in [3.63, 3.8) is 0 Å². The second-order valence-electron chi connectivity index (χ2n) is 6.22. The number of hydrogen-bond acceptors (Lipinski definition) is 7. The molecule has 0 radical (unpaired) electrons. The minimum absolute atomic E-state index is 0.338. The summed E-state index contributed by atoms with van der Waals surface area (Å²) in [5.74, 6) is 1.96. The van der Waals surface area contributed by atoms with Gasteiger partial charge < -0.3 is 11.1 Å². The van der Waals surface area contributed by atoms with Gasteiger partial charge in [-0.2, -0.15) is 9.97 Å². The number of nitrogen functional groups attached to an aromatic ring is 1. The van der Waals surface area contributed by atoms with Crippen molar-refractivity contribution >= 4 is 17.7 Å². The van der Waals surface area contributed by atoms with Crippen molar-refractivity contribution in [1.29, 1.82) is 0 Å². The van der Waals surface area contributed by atoms with Gasteiger partial charge in [-0.15, -0.1) is 0 Å². The summed E-state index contributed by atoms with van der Waals surface area (Å²) in [6.07, 6.45) is 8.48. The summed E-state index contributed by atoms with van der Waals surface area (Å²) in [5.41, 5.74) is 5.82. The lowest BCUT2D eigenvalue weighted by molar-refractivity contribution is 0.0752. The summed E-state index contributed by atoms with van der Waals surface area (Å²) in [4.78, 5) is 15.6. The van der Waals surface area contributed by atoms with Crippen molar-refractivity contribution in [2.24, 2.45) is 5.92 Å². The Morgan fingerprint density at radius 1 is 1.18 bits per heavy atom. The van der Waals surface area contributed by atoms with E-state index < -0.39 is 0 Å². The maximum Gasteiger partial charge on any atom is 0.224 e. The first-order chi connectivity index (χ1) is 10.8. The van der Waals surface area contributed by atoms with Crippen LogP contribution in [0.25, 0.3) is 0 Å². The van der Waals surface area contributed by atoms with E-state index >= 15 is 0 Å². The van der Waals surface area contributed by atoms with Crippen LogP contribution in [0.3, 0.4) is 0 Å². The van der Waals surface area contributed by atoms with Crippen LogP contribution < -0.4 is 11.1 Å². The highest BCUT2D eigenvalue weighted by atomic mass is 32.2. The Kier molecular flexibility index (Phi) is 5.49. The van der Waals surface area contributed by atoms with E-state index in [-0.39, 0.29) is 0 Å². The zero-order valence-electron chi connectivity index (χ0n) is 13.3. The molecule has 2 aliphatic heterocycles. The highest BCUT2D eigenvalue weighted by molar-refractivity contribution is 7.98.